The Labute approximate surface area is 194 Å². The topological polar surface area (TPSA) is 95.9 Å². The van der Waals surface area contributed by atoms with Gasteiger partial charge in [-0.05, 0) is 48.9 Å². The van der Waals surface area contributed by atoms with Gasteiger partial charge < -0.3 is 20.1 Å². The van der Waals surface area contributed by atoms with Crippen LogP contribution >= 0.6 is 0 Å². The van der Waals surface area contributed by atoms with Gasteiger partial charge in [-0.15, -0.1) is 0 Å². The van der Waals surface area contributed by atoms with Crippen LogP contribution in [0.3, 0.4) is 0 Å². The van der Waals surface area contributed by atoms with E-state index in [1.54, 1.807) is 20.8 Å². The molecule has 176 valence electrons. The maximum absolute atomic E-state index is 13.2. The van der Waals surface area contributed by atoms with Gasteiger partial charge in [0, 0.05) is 12.0 Å². The highest BCUT2D eigenvalue weighted by Gasteiger charge is 2.39. The number of carbonyl (C=O) groups is 3. The lowest BCUT2D eigenvalue weighted by Crippen LogP contribution is -2.60. The van der Waals surface area contributed by atoms with E-state index in [0.717, 1.165) is 22.3 Å². The number of nitrogens with zero attached hydrogens (tertiary/aromatic N) is 1. The summed E-state index contributed by atoms with van der Waals surface area (Å²) in [6, 6.07) is 15.8. The predicted molar refractivity (Wildman–Crippen MR) is 126 cm³/mol. The van der Waals surface area contributed by atoms with E-state index in [1.165, 1.54) is 4.90 Å². The molecule has 2 N–H and O–H groups in total. The number of hydrogen-bond donors (Lipinski definition) is 2. The molecular weight excluding hydrogens is 420 g/mol. The van der Waals surface area contributed by atoms with Gasteiger partial charge in [0.2, 0.25) is 5.91 Å². The molecule has 0 fully saturated rings. The van der Waals surface area contributed by atoms with Crippen molar-refractivity contribution in [2.75, 3.05) is 13.2 Å². The number of amides is 2. The van der Waals surface area contributed by atoms with E-state index in [4.69, 9.17) is 4.74 Å². The summed E-state index contributed by atoms with van der Waals surface area (Å²) in [5.74, 6) is -1.62. The van der Waals surface area contributed by atoms with Gasteiger partial charge in [-0.3, -0.25) is 9.59 Å². The number of rotatable bonds is 9. The second-order valence-electron chi connectivity index (χ2n) is 8.72. The van der Waals surface area contributed by atoms with E-state index in [-0.39, 0.29) is 18.6 Å². The molecule has 3 rings (SSSR count). The third kappa shape index (κ3) is 5.02. The first kappa shape index (κ1) is 24.3. The fraction of sp³-hybridized carbons (Fsp3) is 0.423. The van der Waals surface area contributed by atoms with Gasteiger partial charge in [-0.1, -0.05) is 62.4 Å². The Morgan fingerprint density at radius 3 is 2.09 bits per heavy atom. The van der Waals surface area contributed by atoms with Crippen molar-refractivity contribution in [2.24, 2.45) is 0 Å². The number of aliphatic carboxylic acids is 1. The van der Waals surface area contributed by atoms with Crippen molar-refractivity contribution >= 4 is 18.0 Å². The molecule has 2 aromatic rings. The van der Waals surface area contributed by atoms with E-state index >= 15 is 0 Å². The van der Waals surface area contributed by atoms with Crippen LogP contribution in [0.1, 0.15) is 57.6 Å². The number of alkyl carbamates (subject to hydrolysis) is 1. The number of carboxylic acid groups (broad SMARTS) is 1. The molecule has 0 saturated heterocycles. The van der Waals surface area contributed by atoms with Gasteiger partial charge in [-0.25, -0.2) is 4.79 Å². The van der Waals surface area contributed by atoms with Gasteiger partial charge >= 0.3 is 12.1 Å². The summed E-state index contributed by atoms with van der Waals surface area (Å²) in [5, 5.41) is 12.0. The number of fused-ring (bicyclic) bond motifs is 3. The normalized spacial score (nSPS) is 15.0. The second kappa shape index (κ2) is 10.1. The Morgan fingerprint density at radius 2 is 1.61 bits per heavy atom. The lowest BCUT2D eigenvalue weighted by Gasteiger charge is -2.36. The van der Waals surface area contributed by atoms with Crippen LogP contribution in [-0.2, 0) is 14.3 Å². The maximum atomic E-state index is 13.2. The summed E-state index contributed by atoms with van der Waals surface area (Å²) in [7, 11) is 0. The molecule has 2 atom stereocenters. The summed E-state index contributed by atoms with van der Waals surface area (Å²) >= 11 is 0. The Bertz CT molecular complexity index is 991. The van der Waals surface area contributed by atoms with Crippen molar-refractivity contribution in [1.29, 1.82) is 0 Å². The van der Waals surface area contributed by atoms with Gasteiger partial charge in [0.1, 0.15) is 18.7 Å². The zero-order valence-electron chi connectivity index (χ0n) is 19.6. The minimum atomic E-state index is -1.28. The minimum absolute atomic E-state index is 0.0876. The SMILES string of the molecule is CCC(C)N(CC(=O)O)C(=O)C(C)(CC)NC(=O)OCC1c2ccccc2-c2ccccc21. The van der Waals surface area contributed by atoms with Gasteiger partial charge in [0.15, 0.2) is 0 Å². The average Bonchev–Trinajstić information content (AvgIpc) is 3.13. The van der Waals surface area contributed by atoms with Crippen LogP contribution in [0.2, 0.25) is 0 Å². The number of carboxylic acids is 1. The molecule has 1 aliphatic rings. The lowest BCUT2D eigenvalue weighted by molar-refractivity contribution is -0.149. The molecular formula is C26H32N2O5. The quantitative estimate of drug-likeness (QED) is 0.588. The zero-order valence-corrected chi connectivity index (χ0v) is 19.6. The molecule has 0 spiro atoms. The summed E-state index contributed by atoms with van der Waals surface area (Å²) in [6.45, 7) is 6.78. The van der Waals surface area contributed by atoms with Gasteiger partial charge in [-0.2, -0.15) is 0 Å². The maximum Gasteiger partial charge on any atom is 0.408 e. The number of nitrogens with one attached hydrogen (secondary N) is 1. The second-order valence-corrected chi connectivity index (χ2v) is 8.72. The summed E-state index contributed by atoms with van der Waals surface area (Å²) in [6.07, 6.45) is 0.195. The average molecular weight is 453 g/mol. The van der Waals surface area contributed by atoms with Crippen molar-refractivity contribution in [3.8, 4) is 11.1 Å². The number of carbonyl (C=O) groups excluding carboxylic acids is 2. The first-order valence-corrected chi connectivity index (χ1v) is 11.4. The smallest absolute Gasteiger partial charge is 0.408 e. The van der Waals surface area contributed by atoms with Gasteiger partial charge in [0.05, 0.1) is 0 Å². The predicted octanol–water partition coefficient (Wildman–Crippen LogP) is 4.41. The Hall–Kier alpha value is -3.35. The molecule has 7 nitrogen and oxygen atoms in total. The first-order valence-electron chi connectivity index (χ1n) is 11.4. The van der Waals surface area contributed by atoms with E-state index in [1.807, 2.05) is 43.3 Å². The Morgan fingerprint density at radius 1 is 1.06 bits per heavy atom. The third-order valence-corrected chi connectivity index (χ3v) is 6.59. The van der Waals surface area contributed by atoms with Crippen LogP contribution < -0.4 is 5.32 Å². The van der Waals surface area contributed by atoms with Crippen LogP contribution in [-0.4, -0.2) is 52.7 Å². The third-order valence-electron chi connectivity index (χ3n) is 6.59. The van der Waals surface area contributed by atoms with Crippen LogP contribution in [0, 0.1) is 0 Å². The first-order chi connectivity index (χ1) is 15.7. The van der Waals surface area contributed by atoms with Crippen molar-refractivity contribution in [3.63, 3.8) is 0 Å². The fourth-order valence-corrected chi connectivity index (χ4v) is 4.26. The van der Waals surface area contributed by atoms with Crippen LogP contribution in [0.5, 0.6) is 0 Å². The van der Waals surface area contributed by atoms with Crippen molar-refractivity contribution in [1.82, 2.24) is 10.2 Å². The van der Waals surface area contributed by atoms with Crippen LogP contribution in [0.25, 0.3) is 11.1 Å². The van der Waals surface area contributed by atoms with E-state index in [0.29, 0.717) is 12.8 Å². The molecule has 0 aromatic heterocycles. The number of ether oxygens (including phenoxy) is 1. The highest BCUT2D eigenvalue weighted by Crippen LogP contribution is 2.44. The minimum Gasteiger partial charge on any atom is -0.480 e. The van der Waals surface area contributed by atoms with E-state index in [9.17, 15) is 19.5 Å². The largest absolute Gasteiger partial charge is 0.480 e. The Kier molecular flexibility index (Phi) is 7.41. The van der Waals surface area contributed by atoms with Crippen LogP contribution in [0.4, 0.5) is 4.79 Å². The highest BCUT2D eigenvalue weighted by atomic mass is 16.5. The van der Waals surface area contributed by atoms with Crippen molar-refractivity contribution in [2.45, 2.75) is 58.0 Å². The fourth-order valence-electron chi connectivity index (χ4n) is 4.26. The zero-order chi connectivity index (χ0) is 24.2. The molecule has 33 heavy (non-hydrogen) atoms. The lowest BCUT2D eigenvalue weighted by atomic mass is 9.95. The van der Waals surface area contributed by atoms with Crippen molar-refractivity contribution in [3.05, 3.63) is 59.7 Å². The van der Waals surface area contributed by atoms with Gasteiger partial charge in [0.25, 0.3) is 0 Å². The standard InChI is InChI=1S/C26H32N2O5/c1-5-17(3)28(15-23(29)30)24(31)26(4,6-2)27-25(32)33-16-22-20-13-9-7-11-18(20)19-12-8-10-14-21(19)22/h7-14,17,22H,5-6,15-16H2,1-4H3,(H,27,32)(H,29,30). The summed E-state index contributed by atoms with van der Waals surface area (Å²) in [4.78, 5) is 38.6. The molecule has 7 heteroatoms. The Balaban J connectivity index is 1.73. The number of hydrogen-bond acceptors (Lipinski definition) is 4. The molecule has 1 aliphatic carbocycles. The van der Waals surface area contributed by atoms with Crippen molar-refractivity contribution < 1.29 is 24.2 Å². The summed E-state index contributed by atoms with van der Waals surface area (Å²) < 4.78 is 5.60. The number of benzene rings is 2. The monoisotopic (exact) mass is 452 g/mol. The van der Waals surface area contributed by atoms with E-state index < -0.39 is 30.1 Å². The molecule has 0 aliphatic heterocycles. The molecule has 2 aromatic carbocycles. The molecule has 2 unspecified atom stereocenters. The summed E-state index contributed by atoms with van der Waals surface area (Å²) in [5.41, 5.74) is 3.19. The molecule has 0 radical (unpaired) electrons. The molecule has 2 amide bonds. The highest BCUT2D eigenvalue weighted by molar-refractivity contribution is 5.91. The molecule has 0 saturated carbocycles. The van der Waals surface area contributed by atoms with E-state index in [2.05, 4.69) is 17.4 Å². The molecule has 0 heterocycles. The molecule has 0 bridgehead atoms. The van der Waals surface area contributed by atoms with Crippen LogP contribution in [0.15, 0.2) is 48.5 Å².